The molecule has 0 radical (unpaired) electrons. The molecule has 6 nitrogen and oxygen atoms in total. The zero-order chi connectivity index (χ0) is 21.8. The fourth-order valence-corrected chi connectivity index (χ4v) is 4.50. The van der Waals surface area contributed by atoms with Crippen molar-refractivity contribution in [2.24, 2.45) is 7.05 Å². The molecule has 3 aromatic rings. The van der Waals surface area contributed by atoms with Gasteiger partial charge in [-0.15, -0.1) is 0 Å². The molecule has 1 aromatic heterocycles. The molecule has 0 bridgehead atoms. The van der Waals surface area contributed by atoms with E-state index in [1.165, 1.54) is 0 Å². The number of aryl methyl sites for hydroxylation is 1. The van der Waals surface area contributed by atoms with Crippen LogP contribution in [0.2, 0.25) is 5.02 Å². The first-order valence-corrected chi connectivity index (χ1v) is 10.9. The minimum atomic E-state index is -1.16. The van der Waals surface area contributed by atoms with Crippen molar-refractivity contribution in [1.29, 1.82) is 0 Å². The minimum Gasteiger partial charge on any atom is -0.380 e. The first kappa shape index (κ1) is 20.1. The van der Waals surface area contributed by atoms with Gasteiger partial charge >= 0.3 is 0 Å². The Morgan fingerprint density at radius 2 is 1.58 bits per heavy atom. The molecule has 1 aliphatic carbocycles. The SMILES string of the molecule is Cn1ccc2cc(-c3ccc(C(=O)N4CCN(C(=O)C5(O)CC5)CC4)c(Cl)c3)ccc21. The molecule has 5 rings (SSSR count). The molecule has 160 valence electrons. The lowest BCUT2D eigenvalue weighted by molar-refractivity contribution is -0.143. The summed E-state index contributed by atoms with van der Waals surface area (Å²) in [4.78, 5) is 28.7. The maximum atomic E-state index is 13.0. The average molecular weight is 438 g/mol. The number of rotatable bonds is 3. The van der Waals surface area contributed by atoms with Gasteiger partial charge in [-0.2, -0.15) is 0 Å². The van der Waals surface area contributed by atoms with Gasteiger partial charge in [0.1, 0.15) is 5.60 Å². The quantitative estimate of drug-likeness (QED) is 0.683. The number of carbonyl (C=O) groups excluding carboxylic acids is 2. The fourth-order valence-electron chi connectivity index (χ4n) is 4.24. The highest BCUT2D eigenvalue weighted by atomic mass is 35.5. The summed E-state index contributed by atoms with van der Waals surface area (Å²) in [6, 6.07) is 13.9. The minimum absolute atomic E-state index is 0.132. The van der Waals surface area contributed by atoms with Gasteiger partial charge in [-0.05, 0) is 54.3 Å². The largest absolute Gasteiger partial charge is 0.380 e. The Morgan fingerprint density at radius 3 is 2.26 bits per heavy atom. The Bertz CT molecular complexity index is 1190. The van der Waals surface area contributed by atoms with E-state index in [0.29, 0.717) is 49.6 Å². The topological polar surface area (TPSA) is 65.8 Å². The van der Waals surface area contributed by atoms with Crippen molar-refractivity contribution in [3.05, 3.63) is 59.2 Å². The average Bonchev–Trinajstić information content (AvgIpc) is 3.44. The van der Waals surface area contributed by atoms with Crippen LogP contribution >= 0.6 is 11.6 Å². The summed E-state index contributed by atoms with van der Waals surface area (Å²) in [5, 5.41) is 11.6. The number of hydrogen-bond acceptors (Lipinski definition) is 3. The molecule has 2 heterocycles. The zero-order valence-electron chi connectivity index (χ0n) is 17.3. The van der Waals surface area contributed by atoms with E-state index in [9.17, 15) is 14.7 Å². The van der Waals surface area contributed by atoms with Crippen LogP contribution < -0.4 is 0 Å². The van der Waals surface area contributed by atoms with Crippen LogP contribution in [0.3, 0.4) is 0 Å². The van der Waals surface area contributed by atoms with Gasteiger partial charge in [0.2, 0.25) is 0 Å². The van der Waals surface area contributed by atoms with E-state index in [0.717, 1.165) is 22.0 Å². The van der Waals surface area contributed by atoms with Crippen molar-refractivity contribution in [3.8, 4) is 11.1 Å². The van der Waals surface area contributed by atoms with E-state index in [4.69, 9.17) is 11.6 Å². The van der Waals surface area contributed by atoms with Gasteiger partial charge in [-0.3, -0.25) is 9.59 Å². The summed E-state index contributed by atoms with van der Waals surface area (Å²) in [6.07, 6.45) is 3.09. The molecular weight excluding hydrogens is 414 g/mol. The molecule has 2 aromatic carbocycles. The molecule has 0 atom stereocenters. The predicted molar refractivity (Wildman–Crippen MR) is 120 cm³/mol. The first-order chi connectivity index (χ1) is 14.9. The normalized spacial score (nSPS) is 17.8. The second-order valence-electron chi connectivity index (χ2n) is 8.51. The van der Waals surface area contributed by atoms with Crippen LogP contribution in [-0.2, 0) is 11.8 Å². The summed E-state index contributed by atoms with van der Waals surface area (Å²) < 4.78 is 2.08. The number of benzene rings is 2. The Labute approximate surface area is 185 Å². The van der Waals surface area contributed by atoms with Crippen molar-refractivity contribution in [2.75, 3.05) is 26.2 Å². The van der Waals surface area contributed by atoms with Gasteiger partial charge < -0.3 is 19.5 Å². The van der Waals surface area contributed by atoms with Gasteiger partial charge in [-0.1, -0.05) is 23.7 Å². The molecule has 7 heteroatoms. The third-order valence-corrected chi connectivity index (χ3v) is 6.71. The van der Waals surface area contributed by atoms with Gasteiger partial charge in [0.25, 0.3) is 11.8 Å². The number of halogens is 1. The van der Waals surface area contributed by atoms with Gasteiger partial charge in [0.05, 0.1) is 10.6 Å². The van der Waals surface area contributed by atoms with Crippen LogP contribution in [0.4, 0.5) is 0 Å². The molecule has 1 N–H and O–H groups in total. The van der Waals surface area contributed by atoms with Crippen LogP contribution in [-0.4, -0.2) is 63.1 Å². The Kier molecular flexibility index (Phi) is 4.79. The lowest BCUT2D eigenvalue weighted by atomic mass is 10.0. The lowest BCUT2D eigenvalue weighted by Gasteiger charge is -2.36. The molecule has 0 unspecified atom stereocenters. The predicted octanol–water partition coefficient (Wildman–Crippen LogP) is 3.31. The number of amides is 2. The molecule has 2 aliphatic rings. The number of hydrogen-bond donors (Lipinski definition) is 1. The first-order valence-electron chi connectivity index (χ1n) is 10.5. The highest BCUT2D eigenvalue weighted by Crippen LogP contribution is 2.37. The van der Waals surface area contributed by atoms with Gasteiger partial charge in [0.15, 0.2) is 0 Å². The highest BCUT2D eigenvalue weighted by Gasteiger charge is 2.50. The second kappa shape index (κ2) is 7.39. The molecule has 0 spiro atoms. The summed E-state index contributed by atoms with van der Waals surface area (Å²) in [7, 11) is 2.02. The second-order valence-corrected chi connectivity index (χ2v) is 8.92. The Hall–Kier alpha value is -2.83. The standard InChI is InChI=1S/C24H24ClN3O3/c1-26-9-6-18-14-16(3-5-21(18)26)17-2-4-19(20(25)15-17)22(29)27-10-12-28(13-11-27)23(30)24(31)7-8-24/h2-6,9,14-15,31H,7-8,10-13H2,1H3. The van der Waals surface area contributed by atoms with Crippen molar-refractivity contribution in [1.82, 2.24) is 14.4 Å². The van der Waals surface area contributed by atoms with Crippen LogP contribution in [0.1, 0.15) is 23.2 Å². The fraction of sp³-hybridized carbons (Fsp3) is 0.333. The van der Waals surface area contributed by atoms with Crippen molar-refractivity contribution < 1.29 is 14.7 Å². The third kappa shape index (κ3) is 3.60. The summed E-state index contributed by atoms with van der Waals surface area (Å²) >= 11 is 6.51. The van der Waals surface area contributed by atoms with Crippen LogP contribution in [0.25, 0.3) is 22.0 Å². The van der Waals surface area contributed by atoms with Crippen molar-refractivity contribution >= 4 is 34.3 Å². The van der Waals surface area contributed by atoms with E-state index in [-0.39, 0.29) is 11.8 Å². The van der Waals surface area contributed by atoms with E-state index in [1.807, 2.05) is 25.4 Å². The molecule has 31 heavy (non-hydrogen) atoms. The van der Waals surface area contributed by atoms with Crippen LogP contribution in [0.5, 0.6) is 0 Å². The van der Waals surface area contributed by atoms with Crippen LogP contribution in [0.15, 0.2) is 48.7 Å². The molecule has 1 aliphatic heterocycles. The molecular formula is C24H24ClN3O3. The van der Waals surface area contributed by atoms with Crippen LogP contribution in [0, 0.1) is 0 Å². The number of aromatic nitrogens is 1. The maximum absolute atomic E-state index is 13.0. The number of piperazine rings is 1. The van der Waals surface area contributed by atoms with Crippen molar-refractivity contribution in [3.63, 3.8) is 0 Å². The van der Waals surface area contributed by atoms with E-state index in [2.05, 4.69) is 28.8 Å². The summed E-state index contributed by atoms with van der Waals surface area (Å²) in [6.45, 7) is 1.73. The number of fused-ring (bicyclic) bond motifs is 1. The highest BCUT2D eigenvalue weighted by molar-refractivity contribution is 6.34. The molecule has 1 saturated heterocycles. The number of aliphatic hydroxyl groups is 1. The lowest BCUT2D eigenvalue weighted by Crippen LogP contribution is -2.53. The van der Waals surface area contributed by atoms with Gasteiger partial charge in [-0.25, -0.2) is 0 Å². The summed E-state index contributed by atoms with van der Waals surface area (Å²) in [5.41, 5.74) is 2.47. The molecule has 1 saturated carbocycles. The van der Waals surface area contributed by atoms with E-state index < -0.39 is 5.60 Å². The third-order valence-electron chi connectivity index (χ3n) is 6.39. The van der Waals surface area contributed by atoms with Gasteiger partial charge in [0, 0.05) is 50.3 Å². The van der Waals surface area contributed by atoms with Crippen molar-refractivity contribution in [2.45, 2.75) is 18.4 Å². The number of carbonyl (C=O) groups is 2. The maximum Gasteiger partial charge on any atom is 0.255 e. The summed E-state index contributed by atoms with van der Waals surface area (Å²) in [5.74, 6) is -0.343. The zero-order valence-corrected chi connectivity index (χ0v) is 18.1. The monoisotopic (exact) mass is 437 g/mol. The molecule has 2 fully saturated rings. The smallest absolute Gasteiger partial charge is 0.255 e. The number of nitrogens with zero attached hydrogens (tertiary/aromatic N) is 3. The molecule has 2 amide bonds. The van der Waals surface area contributed by atoms with E-state index >= 15 is 0 Å². The Balaban J connectivity index is 1.30. The Morgan fingerprint density at radius 1 is 0.935 bits per heavy atom. The van der Waals surface area contributed by atoms with E-state index in [1.54, 1.807) is 15.9 Å².